The fourth-order valence-electron chi connectivity index (χ4n) is 2.39. The van der Waals surface area contributed by atoms with Gasteiger partial charge in [-0.1, -0.05) is 12.1 Å². The molecule has 1 aliphatic rings. The molecule has 3 rings (SSSR count). The van der Waals surface area contributed by atoms with E-state index >= 15 is 0 Å². The molecule has 1 aliphatic heterocycles. The van der Waals surface area contributed by atoms with Crippen LogP contribution in [0.15, 0.2) is 53.9 Å². The number of aliphatic hydroxyl groups is 1. The number of carbonyl (C=O) groups excluding carboxylic acids is 1. The van der Waals surface area contributed by atoms with E-state index in [9.17, 15) is 27.5 Å². The largest absolute Gasteiger partial charge is 0.438 e. The van der Waals surface area contributed by atoms with Crippen LogP contribution in [0, 0.1) is 5.82 Å². The van der Waals surface area contributed by atoms with E-state index in [0.717, 1.165) is 18.3 Å². The van der Waals surface area contributed by atoms with Crippen molar-refractivity contribution in [2.45, 2.75) is 18.3 Å². The van der Waals surface area contributed by atoms with Crippen molar-refractivity contribution >= 4 is 11.6 Å². The standard InChI is InChI=1S/C16H11F4N3O2/c17-12-5-3-10(4-6-12)13-8-15(25,16(18,19)20)23(22-13)14(24)11-2-1-7-21-9-11/h1-7,9,25H,8H2. The summed E-state index contributed by atoms with van der Waals surface area (Å²) < 4.78 is 53.3. The molecule has 1 unspecified atom stereocenters. The van der Waals surface area contributed by atoms with Gasteiger partial charge in [0.2, 0.25) is 0 Å². The minimum Gasteiger partial charge on any atom is -0.362 e. The summed E-state index contributed by atoms with van der Waals surface area (Å²) in [5.74, 6) is -1.72. The van der Waals surface area contributed by atoms with Crippen molar-refractivity contribution in [3.8, 4) is 0 Å². The van der Waals surface area contributed by atoms with Gasteiger partial charge in [0, 0.05) is 12.4 Å². The first-order chi connectivity index (χ1) is 11.7. The van der Waals surface area contributed by atoms with Crippen molar-refractivity contribution in [1.29, 1.82) is 0 Å². The average Bonchev–Trinajstić information content (AvgIpc) is 2.94. The summed E-state index contributed by atoms with van der Waals surface area (Å²) in [5, 5.41) is 13.8. The molecule has 0 saturated heterocycles. The third-order valence-electron chi connectivity index (χ3n) is 3.72. The van der Waals surface area contributed by atoms with Gasteiger partial charge in [0.05, 0.1) is 17.7 Å². The lowest BCUT2D eigenvalue weighted by molar-refractivity contribution is -0.297. The van der Waals surface area contributed by atoms with E-state index in [-0.39, 0.29) is 21.8 Å². The Hall–Kier alpha value is -2.81. The van der Waals surface area contributed by atoms with Crippen molar-refractivity contribution in [3.05, 3.63) is 65.7 Å². The van der Waals surface area contributed by atoms with Gasteiger partial charge in [0.25, 0.3) is 11.6 Å². The number of hydrazone groups is 1. The number of hydrogen-bond acceptors (Lipinski definition) is 4. The molecule has 130 valence electrons. The van der Waals surface area contributed by atoms with E-state index in [4.69, 9.17) is 0 Å². The molecule has 0 radical (unpaired) electrons. The summed E-state index contributed by atoms with van der Waals surface area (Å²) in [5.41, 5.74) is -3.67. The second kappa shape index (κ2) is 5.92. The molecule has 2 heterocycles. The molecule has 0 spiro atoms. The Kier molecular flexibility index (Phi) is 4.03. The van der Waals surface area contributed by atoms with Gasteiger partial charge < -0.3 is 5.11 Å². The van der Waals surface area contributed by atoms with Crippen LogP contribution >= 0.6 is 0 Å². The van der Waals surface area contributed by atoms with Crippen LogP contribution < -0.4 is 0 Å². The highest BCUT2D eigenvalue weighted by Gasteiger charge is 2.63. The maximum absolute atomic E-state index is 13.4. The maximum Gasteiger partial charge on any atom is 0.438 e. The fourth-order valence-corrected chi connectivity index (χ4v) is 2.39. The topological polar surface area (TPSA) is 65.8 Å². The first-order valence-corrected chi connectivity index (χ1v) is 7.09. The third-order valence-corrected chi connectivity index (χ3v) is 3.72. The Balaban J connectivity index is 2.04. The molecule has 1 atom stereocenters. The van der Waals surface area contributed by atoms with Crippen molar-refractivity contribution < 1.29 is 27.5 Å². The number of halogens is 4. The summed E-state index contributed by atoms with van der Waals surface area (Å²) in [7, 11) is 0. The zero-order valence-electron chi connectivity index (χ0n) is 12.5. The number of aromatic nitrogens is 1. The quantitative estimate of drug-likeness (QED) is 0.845. The smallest absolute Gasteiger partial charge is 0.362 e. The zero-order valence-corrected chi connectivity index (χ0v) is 12.5. The summed E-state index contributed by atoms with van der Waals surface area (Å²) in [6, 6.07) is 7.19. The summed E-state index contributed by atoms with van der Waals surface area (Å²) >= 11 is 0. The molecule has 0 bridgehead atoms. The van der Waals surface area contributed by atoms with Crippen molar-refractivity contribution in [3.63, 3.8) is 0 Å². The lowest BCUT2D eigenvalue weighted by Crippen LogP contribution is -2.56. The lowest BCUT2D eigenvalue weighted by atomic mass is 10.0. The molecule has 1 N–H and O–H groups in total. The highest BCUT2D eigenvalue weighted by atomic mass is 19.4. The second-order valence-corrected chi connectivity index (χ2v) is 5.40. The van der Waals surface area contributed by atoms with Crippen LogP contribution in [-0.2, 0) is 0 Å². The van der Waals surface area contributed by atoms with Gasteiger partial charge in [-0.25, -0.2) is 4.39 Å². The van der Waals surface area contributed by atoms with Crippen LogP contribution in [-0.4, -0.2) is 38.6 Å². The molecule has 25 heavy (non-hydrogen) atoms. The summed E-state index contributed by atoms with van der Waals surface area (Å²) in [4.78, 5) is 16.1. The van der Waals surface area contributed by atoms with Crippen LogP contribution in [0.25, 0.3) is 0 Å². The number of rotatable bonds is 2. The highest BCUT2D eigenvalue weighted by Crippen LogP contribution is 2.41. The van der Waals surface area contributed by atoms with Crippen LogP contribution in [0.4, 0.5) is 17.6 Å². The summed E-state index contributed by atoms with van der Waals surface area (Å²) in [6.07, 6.45) is -3.68. The molecule has 1 aromatic carbocycles. The monoisotopic (exact) mass is 353 g/mol. The molecular weight excluding hydrogens is 342 g/mol. The van der Waals surface area contributed by atoms with Crippen LogP contribution in [0.3, 0.4) is 0 Å². The van der Waals surface area contributed by atoms with E-state index in [0.29, 0.717) is 0 Å². The van der Waals surface area contributed by atoms with Gasteiger partial charge in [-0.2, -0.15) is 23.3 Å². The number of pyridine rings is 1. The number of nitrogens with zero attached hydrogens (tertiary/aromatic N) is 3. The van der Waals surface area contributed by atoms with E-state index in [2.05, 4.69) is 10.1 Å². The molecule has 1 aromatic heterocycles. The average molecular weight is 353 g/mol. The predicted molar refractivity (Wildman–Crippen MR) is 79.0 cm³/mol. The molecule has 2 aromatic rings. The number of carbonyl (C=O) groups is 1. The normalized spacial score (nSPS) is 20.5. The van der Waals surface area contributed by atoms with Gasteiger partial charge >= 0.3 is 6.18 Å². The maximum atomic E-state index is 13.4. The number of alkyl halides is 3. The highest BCUT2D eigenvalue weighted by molar-refractivity contribution is 6.05. The predicted octanol–water partition coefficient (Wildman–Crippen LogP) is 2.72. The number of benzene rings is 1. The molecule has 0 saturated carbocycles. The Labute approximate surface area is 139 Å². The molecule has 1 amide bonds. The fraction of sp³-hybridized carbons (Fsp3) is 0.188. The first-order valence-electron chi connectivity index (χ1n) is 7.09. The van der Waals surface area contributed by atoms with Gasteiger partial charge in [0.1, 0.15) is 5.82 Å². The van der Waals surface area contributed by atoms with E-state index in [1.807, 2.05) is 0 Å². The zero-order chi connectivity index (χ0) is 18.2. The van der Waals surface area contributed by atoms with E-state index in [1.165, 1.54) is 30.5 Å². The van der Waals surface area contributed by atoms with E-state index < -0.39 is 30.0 Å². The van der Waals surface area contributed by atoms with Crippen LogP contribution in [0.1, 0.15) is 22.3 Å². The van der Waals surface area contributed by atoms with Crippen LogP contribution in [0.2, 0.25) is 0 Å². The summed E-state index contributed by atoms with van der Waals surface area (Å²) in [6.45, 7) is 0. The Morgan fingerprint density at radius 1 is 1.20 bits per heavy atom. The SMILES string of the molecule is O=C(c1cccnc1)N1N=C(c2ccc(F)cc2)CC1(O)C(F)(F)F. The molecule has 0 fully saturated rings. The minimum atomic E-state index is -5.14. The van der Waals surface area contributed by atoms with Crippen LogP contribution in [0.5, 0.6) is 0 Å². The minimum absolute atomic E-state index is 0.00268. The Morgan fingerprint density at radius 3 is 2.44 bits per heavy atom. The number of amides is 1. The first kappa shape index (κ1) is 17.0. The van der Waals surface area contributed by atoms with Gasteiger partial charge in [-0.15, -0.1) is 0 Å². The Morgan fingerprint density at radius 2 is 1.88 bits per heavy atom. The van der Waals surface area contributed by atoms with Crippen molar-refractivity contribution in [2.75, 3.05) is 0 Å². The lowest BCUT2D eigenvalue weighted by Gasteiger charge is -2.32. The van der Waals surface area contributed by atoms with Crippen molar-refractivity contribution in [1.82, 2.24) is 9.99 Å². The number of hydrogen-bond donors (Lipinski definition) is 1. The van der Waals surface area contributed by atoms with Gasteiger partial charge in [-0.3, -0.25) is 9.78 Å². The van der Waals surface area contributed by atoms with Gasteiger partial charge in [0.15, 0.2) is 0 Å². The Bertz CT molecular complexity index is 822. The second-order valence-electron chi connectivity index (χ2n) is 5.40. The molecule has 9 heteroatoms. The van der Waals surface area contributed by atoms with Crippen molar-refractivity contribution in [2.24, 2.45) is 5.10 Å². The molecular formula is C16H11F4N3O2. The third kappa shape index (κ3) is 2.98. The molecule has 5 nitrogen and oxygen atoms in total. The van der Waals surface area contributed by atoms with E-state index in [1.54, 1.807) is 0 Å². The van der Waals surface area contributed by atoms with Gasteiger partial charge in [-0.05, 0) is 29.8 Å². The molecule has 0 aliphatic carbocycles.